The molecule has 1 aromatic carbocycles. The van der Waals surface area contributed by atoms with Crippen molar-refractivity contribution in [2.24, 2.45) is 0 Å². The molecule has 5 nitrogen and oxygen atoms in total. The average molecular weight is 289 g/mol. The van der Waals surface area contributed by atoms with Crippen LogP contribution in [0.2, 0.25) is 0 Å². The van der Waals surface area contributed by atoms with Gasteiger partial charge in [-0.25, -0.2) is 14.4 Å². The molecule has 0 bridgehead atoms. The number of amides is 1. The Balaban J connectivity index is 1.85. The molecule has 0 radical (unpaired) electrons. The molecule has 2 heterocycles. The lowest BCUT2D eigenvalue weighted by molar-refractivity contribution is 0.102. The molecule has 0 atom stereocenters. The molecule has 3 rings (SSSR count). The number of nitrogens with zero attached hydrogens (tertiary/aromatic N) is 2. The molecular weight excluding hydrogens is 281 g/mol. The first kappa shape index (κ1) is 12.5. The molecule has 1 amide bonds. The molecular formula is C13H8FN3O2S. The van der Waals surface area contributed by atoms with Gasteiger partial charge in [0.15, 0.2) is 5.13 Å². The van der Waals surface area contributed by atoms with E-state index in [0.717, 1.165) is 17.0 Å². The molecule has 0 unspecified atom stereocenters. The number of aromatic hydroxyl groups is 1. The first-order valence-electron chi connectivity index (χ1n) is 5.64. The predicted octanol–water partition coefficient (Wildman–Crippen LogP) is 2.79. The van der Waals surface area contributed by atoms with Crippen LogP contribution in [0.3, 0.4) is 0 Å². The van der Waals surface area contributed by atoms with E-state index < -0.39 is 11.7 Å². The highest BCUT2D eigenvalue weighted by molar-refractivity contribution is 7.22. The molecule has 3 aromatic rings. The van der Waals surface area contributed by atoms with E-state index in [4.69, 9.17) is 0 Å². The SMILES string of the molecule is O=C(Nc1nc2ccc(O)cc2s1)c1ccc([19F])cn1. The minimum atomic E-state index is -0.503. The lowest BCUT2D eigenvalue weighted by atomic mass is 10.3. The Kier molecular flexibility index (Phi) is 3.03. The number of phenolic OH excluding ortho intramolecular Hbond substituents is 1. The Morgan fingerprint density at radius 2 is 2.15 bits per heavy atom. The minimum absolute atomic E-state index is 0.105. The van der Waals surface area contributed by atoms with Crippen LogP contribution < -0.4 is 5.32 Å². The van der Waals surface area contributed by atoms with Gasteiger partial charge in [-0.05, 0) is 30.3 Å². The second-order valence-electron chi connectivity index (χ2n) is 3.99. The van der Waals surface area contributed by atoms with Crippen LogP contribution in [0.25, 0.3) is 10.2 Å². The lowest BCUT2D eigenvalue weighted by Crippen LogP contribution is -2.13. The Morgan fingerprint density at radius 3 is 2.90 bits per heavy atom. The van der Waals surface area contributed by atoms with Gasteiger partial charge in [0.25, 0.3) is 5.91 Å². The zero-order valence-corrected chi connectivity index (χ0v) is 10.8. The summed E-state index contributed by atoms with van der Waals surface area (Å²) < 4.78 is 13.5. The van der Waals surface area contributed by atoms with Gasteiger partial charge in [0.1, 0.15) is 17.3 Å². The van der Waals surface area contributed by atoms with Crippen LogP contribution in [0.15, 0.2) is 36.5 Å². The Labute approximate surface area is 116 Å². The minimum Gasteiger partial charge on any atom is -0.508 e. The predicted molar refractivity (Wildman–Crippen MR) is 73.4 cm³/mol. The standard InChI is InChI=1S/C13H8FN3O2S/c14-7-1-3-10(15-6-7)12(19)17-13-16-9-4-2-8(18)5-11(9)20-13/h1-6,18H,(H,16,17,19)/i14+0. The van der Waals surface area contributed by atoms with Gasteiger partial charge in [-0.3, -0.25) is 10.1 Å². The summed E-state index contributed by atoms with van der Waals surface area (Å²) in [5, 5.41) is 12.4. The summed E-state index contributed by atoms with van der Waals surface area (Å²) >= 11 is 1.23. The first-order valence-corrected chi connectivity index (χ1v) is 6.46. The second kappa shape index (κ2) is 4.86. The number of benzene rings is 1. The number of thiazole rings is 1. The van der Waals surface area contributed by atoms with Gasteiger partial charge in [-0.2, -0.15) is 0 Å². The van der Waals surface area contributed by atoms with E-state index in [1.807, 2.05) is 0 Å². The smallest absolute Gasteiger partial charge is 0.276 e. The van der Waals surface area contributed by atoms with Crippen LogP contribution >= 0.6 is 11.3 Å². The quantitative estimate of drug-likeness (QED) is 0.760. The topological polar surface area (TPSA) is 75.1 Å². The van der Waals surface area contributed by atoms with Gasteiger partial charge in [0.2, 0.25) is 0 Å². The zero-order valence-electron chi connectivity index (χ0n) is 10.0. The highest BCUT2D eigenvalue weighted by Crippen LogP contribution is 2.28. The molecule has 20 heavy (non-hydrogen) atoms. The highest BCUT2D eigenvalue weighted by atomic mass is 32.1. The van der Waals surface area contributed by atoms with Crippen molar-refractivity contribution < 1.29 is 14.3 Å². The maximum atomic E-state index is 12.7. The lowest BCUT2D eigenvalue weighted by Gasteiger charge is -1.99. The summed E-state index contributed by atoms with van der Waals surface area (Å²) in [6.45, 7) is 0. The molecule has 0 aliphatic carbocycles. The van der Waals surface area contributed by atoms with Crippen molar-refractivity contribution in [3.63, 3.8) is 0 Å². The summed E-state index contributed by atoms with van der Waals surface area (Å²) in [4.78, 5) is 19.8. The van der Waals surface area contributed by atoms with Crippen molar-refractivity contribution in [2.45, 2.75) is 0 Å². The molecule has 7 heteroatoms. The van der Waals surface area contributed by atoms with Gasteiger partial charge in [0, 0.05) is 0 Å². The molecule has 0 aliphatic rings. The van der Waals surface area contributed by atoms with Crippen LogP contribution in [0.1, 0.15) is 10.5 Å². The number of carbonyl (C=O) groups is 1. The number of pyridine rings is 1. The van der Waals surface area contributed by atoms with E-state index in [2.05, 4.69) is 15.3 Å². The third-order valence-electron chi connectivity index (χ3n) is 2.55. The Bertz CT molecular complexity index is 786. The van der Waals surface area contributed by atoms with E-state index in [1.165, 1.54) is 23.5 Å². The maximum absolute atomic E-state index is 12.7. The fourth-order valence-corrected chi connectivity index (χ4v) is 2.53. The fourth-order valence-electron chi connectivity index (χ4n) is 1.64. The monoisotopic (exact) mass is 289 g/mol. The number of hydrogen-bond donors (Lipinski definition) is 2. The number of carbonyl (C=O) groups excluding carboxylic acids is 1. The van der Waals surface area contributed by atoms with Gasteiger partial charge >= 0.3 is 0 Å². The largest absolute Gasteiger partial charge is 0.508 e. The maximum Gasteiger partial charge on any atom is 0.276 e. The average Bonchev–Trinajstić information content (AvgIpc) is 2.80. The van der Waals surface area contributed by atoms with Crippen LogP contribution in [-0.2, 0) is 0 Å². The summed E-state index contributed by atoms with van der Waals surface area (Å²) in [6, 6.07) is 7.21. The molecule has 100 valence electrons. The summed E-state index contributed by atoms with van der Waals surface area (Å²) in [5.41, 5.74) is 0.781. The number of aromatic nitrogens is 2. The van der Waals surface area contributed by atoms with Crippen molar-refractivity contribution >= 4 is 32.6 Å². The Hall–Kier alpha value is -2.54. The summed E-state index contributed by atoms with van der Waals surface area (Å²) in [7, 11) is 0. The van der Waals surface area contributed by atoms with Crippen LogP contribution in [-0.4, -0.2) is 21.0 Å². The zero-order chi connectivity index (χ0) is 14.1. The fraction of sp³-hybridized carbons (Fsp3) is 0. The van der Waals surface area contributed by atoms with E-state index in [-0.39, 0.29) is 11.4 Å². The molecule has 0 fully saturated rings. The number of phenols is 1. The highest BCUT2D eigenvalue weighted by Gasteiger charge is 2.11. The first-order chi connectivity index (χ1) is 9.61. The van der Waals surface area contributed by atoms with Crippen LogP contribution in [0, 0.1) is 5.82 Å². The second-order valence-corrected chi connectivity index (χ2v) is 5.02. The van der Waals surface area contributed by atoms with E-state index in [0.29, 0.717) is 10.6 Å². The normalized spacial score (nSPS) is 10.7. The van der Waals surface area contributed by atoms with Gasteiger partial charge in [-0.15, -0.1) is 0 Å². The van der Waals surface area contributed by atoms with Crippen molar-refractivity contribution in [1.82, 2.24) is 9.97 Å². The van der Waals surface area contributed by atoms with Crippen molar-refractivity contribution in [1.29, 1.82) is 0 Å². The van der Waals surface area contributed by atoms with E-state index in [9.17, 15) is 14.3 Å². The third-order valence-corrected chi connectivity index (χ3v) is 3.49. The molecule has 2 N–H and O–H groups in total. The van der Waals surface area contributed by atoms with Crippen molar-refractivity contribution in [3.8, 4) is 5.75 Å². The van der Waals surface area contributed by atoms with Gasteiger partial charge < -0.3 is 5.11 Å². The number of fused-ring (bicyclic) bond motifs is 1. The van der Waals surface area contributed by atoms with Crippen molar-refractivity contribution in [3.05, 3.63) is 48.0 Å². The summed E-state index contributed by atoms with van der Waals surface area (Å²) in [5.74, 6) is -0.829. The van der Waals surface area contributed by atoms with Crippen LogP contribution in [0.5, 0.6) is 5.75 Å². The number of halogens is 1. The number of hydrogen-bond acceptors (Lipinski definition) is 5. The number of rotatable bonds is 2. The Morgan fingerprint density at radius 1 is 1.30 bits per heavy atom. The van der Waals surface area contributed by atoms with Crippen molar-refractivity contribution in [2.75, 3.05) is 5.32 Å². The summed E-state index contributed by atoms with van der Waals surface area (Å²) in [6.07, 6.45) is 0.977. The third kappa shape index (κ3) is 2.43. The number of nitrogens with one attached hydrogen (secondary N) is 1. The molecule has 2 aromatic heterocycles. The molecule has 0 aliphatic heterocycles. The van der Waals surface area contributed by atoms with Crippen LogP contribution in [0.4, 0.5) is 9.52 Å². The van der Waals surface area contributed by atoms with E-state index in [1.54, 1.807) is 12.1 Å². The molecule has 0 saturated heterocycles. The molecule has 0 spiro atoms. The van der Waals surface area contributed by atoms with Gasteiger partial charge in [0.05, 0.1) is 16.4 Å². The van der Waals surface area contributed by atoms with E-state index >= 15 is 0 Å². The van der Waals surface area contributed by atoms with Gasteiger partial charge in [-0.1, -0.05) is 11.3 Å². The number of anilines is 1. The molecule has 0 saturated carbocycles.